The SMILES string of the molecule is Cc1ccc(C(CC(C)C)(CC(C)CC(C)C)OP(=O)(O)O)c(C(C)(C)C)c1. The van der Waals surface area contributed by atoms with E-state index >= 15 is 0 Å². The molecule has 1 aromatic rings. The van der Waals surface area contributed by atoms with E-state index in [-0.39, 0.29) is 17.3 Å². The Balaban J connectivity index is 3.70. The van der Waals surface area contributed by atoms with Gasteiger partial charge in [-0.05, 0) is 60.5 Å². The van der Waals surface area contributed by atoms with Crippen molar-refractivity contribution < 1.29 is 18.9 Å². The van der Waals surface area contributed by atoms with E-state index in [4.69, 9.17) is 4.52 Å². The number of hydrogen-bond donors (Lipinski definition) is 2. The maximum Gasteiger partial charge on any atom is 0.470 e. The average Bonchev–Trinajstić information content (AvgIpc) is 2.41. The first kappa shape index (κ1) is 25.4. The van der Waals surface area contributed by atoms with Gasteiger partial charge in [0.05, 0.1) is 0 Å². The Morgan fingerprint density at radius 2 is 1.54 bits per heavy atom. The monoisotopic (exact) mass is 412 g/mol. The lowest BCUT2D eigenvalue weighted by atomic mass is 9.71. The summed E-state index contributed by atoms with van der Waals surface area (Å²) in [7, 11) is -4.68. The van der Waals surface area contributed by atoms with Crippen molar-refractivity contribution in [1.82, 2.24) is 0 Å². The fourth-order valence-corrected chi connectivity index (χ4v) is 5.14. The lowest BCUT2D eigenvalue weighted by Crippen LogP contribution is -2.36. The van der Waals surface area contributed by atoms with Crippen LogP contribution < -0.4 is 0 Å². The van der Waals surface area contributed by atoms with Crippen LogP contribution in [-0.4, -0.2) is 9.79 Å². The molecule has 0 radical (unpaired) electrons. The van der Waals surface area contributed by atoms with E-state index in [1.807, 2.05) is 19.1 Å². The summed E-state index contributed by atoms with van der Waals surface area (Å²) in [4.78, 5) is 19.7. The molecular weight excluding hydrogens is 371 g/mol. The molecule has 28 heavy (non-hydrogen) atoms. The molecule has 0 aromatic heterocycles. The minimum absolute atomic E-state index is 0.164. The van der Waals surface area contributed by atoms with Gasteiger partial charge in [0.1, 0.15) is 5.60 Å². The average molecular weight is 413 g/mol. The Kier molecular flexibility index (Phi) is 8.54. The third-order valence-corrected chi connectivity index (χ3v) is 5.64. The topological polar surface area (TPSA) is 66.8 Å². The van der Waals surface area contributed by atoms with E-state index in [9.17, 15) is 14.4 Å². The van der Waals surface area contributed by atoms with Crippen LogP contribution in [0.15, 0.2) is 18.2 Å². The number of aryl methyl sites for hydroxylation is 1. The van der Waals surface area contributed by atoms with Crippen molar-refractivity contribution in [2.75, 3.05) is 0 Å². The highest BCUT2D eigenvalue weighted by atomic mass is 31.2. The maximum atomic E-state index is 12.1. The number of hydrogen-bond acceptors (Lipinski definition) is 2. The van der Waals surface area contributed by atoms with Gasteiger partial charge < -0.3 is 9.79 Å². The quantitative estimate of drug-likeness (QED) is 0.442. The Bertz CT molecular complexity index is 684. The molecule has 0 aliphatic carbocycles. The Morgan fingerprint density at radius 3 is 1.96 bits per heavy atom. The minimum atomic E-state index is -4.68. The van der Waals surface area contributed by atoms with Gasteiger partial charge in [0.25, 0.3) is 0 Å². The highest BCUT2D eigenvalue weighted by Crippen LogP contribution is 2.53. The molecule has 0 bridgehead atoms. The van der Waals surface area contributed by atoms with Crippen molar-refractivity contribution in [3.63, 3.8) is 0 Å². The summed E-state index contributed by atoms with van der Waals surface area (Å²) in [5.74, 6) is 1.02. The standard InChI is InChI=1S/C23H41O4P/c1-16(2)12-19(6)15-23(14-17(3)4,27-28(24,25)26)20-11-10-18(5)13-21(20)22(7,8)9/h10-11,13,16-17,19H,12,14-15H2,1-9H3,(H2,24,25,26). The molecule has 0 heterocycles. The lowest BCUT2D eigenvalue weighted by Gasteiger charge is -2.41. The van der Waals surface area contributed by atoms with Crippen LogP contribution in [0.3, 0.4) is 0 Å². The van der Waals surface area contributed by atoms with Gasteiger partial charge in [-0.1, -0.05) is 79.2 Å². The van der Waals surface area contributed by atoms with E-state index in [0.717, 1.165) is 23.1 Å². The van der Waals surface area contributed by atoms with Gasteiger partial charge in [-0.15, -0.1) is 0 Å². The molecule has 1 aromatic carbocycles. The fraction of sp³-hybridized carbons (Fsp3) is 0.739. The maximum absolute atomic E-state index is 12.1. The predicted octanol–water partition coefficient (Wildman–Crippen LogP) is 6.72. The van der Waals surface area contributed by atoms with Gasteiger partial charge in [0.15, 0.2) is 0 Å². The molecular formula is C23H41O4P. The first-order chi connectivity index (χ1) is 12.6. The van der Waals surface area contributed by atoms with Gasteiger partial charge in [-0.25, -0.2) is 4.57 Å². The molecule has 4 nitrogen and oxygen atoms in total. The number of rotatable bonds is 9. The fourth-order valence-electron chi connectivity index (χ4n) is 4.44. The van der Waals surface area contributed by atoms with Crippen LogP contribution in [0, 0.1) is 24.7 Å². The summed E-state index contributed by atoms with van der Waals surface area (Å²) in [6.45, 7) is 19.1. The Morgan fingerprint density at radius 1 is 0.964 bits per heavy atom. The molecule has 162 valence electrons. The summed E-state index contributed by atoms with van der Waals surface area (Å²) in [6.07, 6.45) is 2.13. The van der Waals surface area contributed by atoms with Crippen molar-refractivity contribution in [2.45, 2.75) is 92.6 Å². The summed E-state index contributed by atoms with van der Waals surface area (Å²) >= 11 is 0. The molecule has 0 aliphatic rings. The normalized spacial score (nSPS) is 16.5. The van der Waals surface area contributed by atoms with E-state index in [0.29, 0.717) is 18.8 Å². The van der Waals surface area contributed by atoms with E-state index in [1.54, 1.807) is 0 Å². The number of phosphoric ester groups is 1. The highest BCUT2D eigenvalue weighted by molar-refractivity contribution is 7.46. The summed E-state index contributed by atoms with van der Waals surface area (Å²) in [5.41, 5.74) is 1.97. The van der Waals surface area contributed by atoms with E-state index in [1.165, 1.54) is 0 Å². The third kappa shape index (κ3) is 7.63. The van der Waals surface area contributed by atoms with Crippen molar-refractivity contribution >= 4 is 7.82 Å². The lowest BCUT2D eigenvalue weighted by molar-refractivity contribution is -0.00961. The van der Waals surface area contributed by atoms with E-state index < -0.39 is 13.4 Å². The highest BCUT2D eigenvalue weighted by Gasteiger charge is 2.43. The van der Waals surface area contributed by atoms with E-state index in [2.05, 4.69) is 61.5 Å². The van der Waals surface area contributed by atoms with Gasteiger partial charge in [-0.2, -0.15) is 0 Å². The smallest absolute Gasteiger partial charge is 0.303 e. The Labute approximate surface area is 172 Å². The van der Waals surface area contributed by atoms with Crippen LogP contribution in [0.5, 0.6) is 0 Å². The zero-order chi connectivity index (χ0) is 21.9. The summed E-state index contributed by atoms with van der Waals surface area (Å²) < 4.78 is 17.8. The second-order valence-electron chi connectivity index (χ2n) is 10.4. The molecule has 0 amide bonds. The largest absolute Gasteiger partial charge is 0.470 e. The zero-order valence-electron chi connectivity index (χ0n) is 19.2. The zero-order valence-corrected chi connectivity index (χ0v) is 20.1. The summed E-state index contributed by atoms with van der Waals surface area (Å²) in [6, 6.07) is 6.19. The van der Waals surface area contributed by atoms with Crippen molar-refractivity contribution in [1.29, 1.82) is 0 Å². The molecule has 1 rings (SSSR count). The van der Waals surface area contributed by atoms with Crippen LogP contribution >= 0.6 is 7.82 Å². The second-order valence-corrected chi connectivity index (χ2v) is 11.6. The van der Waals surface area contributed by atoms with Gasteiger partial charge in [0, 0.05) is 0 Å². The van der Waals surface area contributed by atoms with Crippen LogP contribution in [-0.2, 0) is 20.1 Å². The Hall–Kier alpha value is -0.670. The first-order valence-electron chi connectivity index (χ1n) is 10.4. The number of benzene rings is 1. The molecule has 2 atom stereocenters. The second kappa shape index (κ2) is 9.43. The molecule has 2 N–H and O–H groups in total. The predicted molar refractivity (Wildman–Crippen MR) is 117 cm³/mol. The molecule has 0 saturated heterocycles. The summed E-state index contributed by atoms with van der Waals surface area (Å²) in [5, 5.41) is 0. The van der Waals surface area contributed by atoms with Crippen LogP contribution in [0.4, 0.5) is 0 Å². The minimum Gasteiger partial charge on any atom is -0.303 e. The molecule has 0 aliphatic heterocycles. The third-order valence-electron chi connectivity index (χ3n) is 5.06. The molecule has 0 saturated carbocycles. The van der Waals surface area contributed by atoms with Crippen molar-refractivity contribution in [3.8, 4) is 0 Å². The van der Waals surface area contributed by atoms with Crippen LogP contribution in [0.2, 0.25) is 0 Å². The van der Waals surface area contributed by atoms with Crippen LogP contribution in [0.25, 0.3) is 0 Å². The van der Waals surface area contributed by atoms with Gasteiger partial charge in [-0.3, -0.25) is 4.52 Å². The van der Waals surface area contributed by atoms with Crippen molar-refractivity contribution in [2.24, 2.45) is 17.8 Å². The molecule has 2 unspecified atom stereocenters. The molecule has 5 heteroatoms. The van der Waals surface area contributed by atoms with Gasteiger partial charge >= 0.3 is 7.82 Å². The van der Waals surface area contributed by atoms with Crippen LogP contribution in [0.1, 0.15) is 91.3 Å². The first-order valence-corrected chi connectivity index (χ1v) is 12.0. The number of phosphoric acid groups is 1. The van der Waals surface area contributed by atoms with Crippen molar-refractivity contribution in [3.05, 3.63) is 34.9 Å². The van der Waals surface area contributed by atoms with Gasteiger partial charge in [0.2, 0.25) is 0 Å². The molecule has 0 spiro atoms. The molecule has 0 fully saturated rings.